The second kappa shape index (κ2) is 4.80. The van der Waals surface area contributed by atoms with Gasteiger partial charge in [0, 0.05) is 31.4 Å². The van der Waals surface area contributed by atoms with Gasteiger partial charge >= 0.3 is 0 Å². The van der Waals surface area contributed by atoms with E-state index in [1.807, 2.05) is 16.9 Å². The minimum absolute atomic E-state index is 0.510. The Morgan fingerprint density at radius 3 is 3.06 bits per heavy atom. The molecule has 0 saturated heterocycles. The maximum Gasteiger partial charge on any atom is 0.266 e. The van der Waals surface area contributed by atoms with Gasteiger partial charge in [0.1, 0.15) is 0 Å². The van der Waals surface area contributed by atoms with Crippen molar-refractivity contribution in [1.29, 1.82) is 0 Å². The SMILES string of the molecule is CCN(CCn1cccn1)c1noc(C2CC2)n1. The van der Waals surface area contributed by atoms with Crippen LogP contribution in [0.2, 0.25) is 0 Å². The van der Waals surface area contributed by atoms with Crippen molar-refractivity contribution in [3.63, 3.8) is 0 Å². The van der Waals surface area contributed by atoms with Gasteiger partial charge < -0.3 is 9.42 Å². The first-order chi connectivity index (χ1) is 8.86. The summed E-state index contributed by atoms with van der Waals surface area (Å²) in [7, 11) is 0. The van der Waals surface area contributed by atoms with E-state index >= 15 is 0 Å². The monoisotopic (exact) mass is 247 g/mol. The first kappa shape index (κ1) is 11.3. The van der Waals surface area contributed by atoms with E-state index in [1.165, 1.54) is 12.8 Å². The average Bonchev–Trinajstić information content (AvgIpc) is 2.93. The molecular formula is C12H17N5O. The van der Waals surface area contributed by atoms with Gasteiger partial charge in [-0.05, 0) is 31.0 Å². The molecule has 1 saturated carbocycles. The Bertz CT molecular complexity index is 488. The lowest BCUT2D eigenvalue weighted by Gasteiger charge is -2.17. The van der Waals surface area contributed by atoms with Crippen LogP contribution in [0.15, 0.2) is 23.0 Å². The molecule has 0 amide bonds. The number of hydrogen-bond acceptors (Lipinski definition) is 5. The lowest BCUT2D eigenvalue weighted by Crippen LogP contribution is -2.28. The van der Waals surface area contributed by atoms with Gasteiger partial charge in [0.2, 0.25) is 5.89 Å². The Labute approximate surface area is 106 Å². The van der Waals surface area contributed by atoms with Crippen molar-refractivity contribution in [2.24, 2.45) is 0 Å². The van der Waals surface area contributed by atoms with Gasteiger partial charge in [-0.25, -0.2) is 0 Å². The van der Waals surface area contributed by atoms with E-state index in [2.05, 4.69) is 27.1 Å². The molecule has 0 unspecified atom stereocenters. The summed E-state index contributed by atoms with van der Waals surface area (Å²) in [5.74, 6) is 2.00. The van der Waals surface area contributed by atoms with Gasteiger partial charge in [0.25, 0.3) is 5.95 Å². The molecule has 6 heteroatoms. The predicted molar refractivity (Wildman–Crippen MR) is 66.4 cm³/mol. The van der Waals surface area contributed by atoms with E-state index < -0.39 is 0 Å². The van der Waals surface area contributed by atoms with E-state index in [4.69, 9.17) is 4.52 Å². The van der Waals surface area contributed by atoms with Gasteiger partial charge in [-0.3, -0.25) is 4.68 Å². The molecule has 2 aromatic rings. The molecule has 1 fully saturated rings. The van der Waals surface area contributed by atoms with E-state index in [9.17, 15) is 0 Å². The number of aromatic nitrogens is 4. The van der Waals surface area contributed by atoms with Crippen LogP contribution in [-0.2, 0) is 6.54 Å². The van der Waals surface area contributed by atoms with Gasteiger partial charge in [0.05, 0.1) is 6.54 Å². The van der Waals surface area contributed by atoms with Crippen LogP contribution in [0, 0.1) is 0 Å². The van der Waals surface area contributed by atoms with Gasteiger partial charge in [0.15, 0.2) is 0 Å². The zero-order chi connectivity index (χ0) is 12.4. The summed E-state index contributed by atoms with van der Waals surface area (Å²) in [6.45, 7) is 4.62. The third-order valence-electron chi connectivity index (χ3n) is 3.18. The number of rotatable bonds is 6. The summed E-state index contributed by atoms with van der Waals surface area (Å²) in [6, 6.07) is 1.93. The zero-order valence-corrected chi connectivity index (χ0v) is 10.5. The molecule has 0 aromatic carbocycles. The van der Waals surface area contributed by atoms with Crippen LogP contribution >= 0.6 is 0 Å². The van der Waals surface area contributed by atoms with Crippen molar-refractivity contribution in [2.75, 3.05) is 18.0 Å². The van der Waals surface area contributed by atoms with Crippen LogP contribution in [0.25, 0.3) is 0 Å². The normalized spacial score (nSPS) is 14.9. The van der Waals surface area contributed by atoms with Crippen LogP contribution in [0.5, 0.6) is 0 Å². The van der Waals surface area contributed by atoms with Crippen LogP contribution in [0.1, 0.15) is 31.6 Å². The maximum absolute atomic E-state index is 5.28. The van der Waals surface area contributed by atoms with E-state index in [1.54, 1.807) is 6.20 Å². The highest BCUT2D eigenvalue weighted by Crippen LogP contribution is 2.39. The lowest BCUT2D eigenvalue weighted by molar-refractivity contribution is 0.378. The summed E-state index contributed by atoms with van der Waals surface area (Å²) >= 11 is 0. The van der Waals surface area contributed by atoms with Crippen molar-refractivity contribution >= 4 is 5.95 Å². The van der Waals surface area contributed by atoms with Crippen molar-refractivity contribution in [1.82, 2.24) is 19.9 Å². The summed E-state index contributed by atoms with van der Waals surface area (Å²) in [5, 5.41) is 8.24. The molecule has 96 valence electrons. The number of likely N-dealkylation sites (N-methyl/N-ethyl adjacent to an activating group) is 1. The first-order valence-corrected chi connectivity index (χ1v) is 6.43. The van der Waals surface area contributed by atoms with E-state index in [0.717, 1.165) is 25.5 Å². The molecule has 0 radical (unpaired) electrons. The number of nitrogens with zero attached hydrogens (tertiary/aromatic N) is 5. The van der Waals surface area contributed by atoms with Crippen LogP contribution in [0.4, 0.5) is 5.95 Å². The zero-order valence-electron chi connectivity index (χ0n) is 10.5. The van der Waals surface area contributed by atoms with Gasteiger partial charge in [-0.1, -0.05) is 0 Å². The summed E-state index contributed by atoms with van der Waals surface area (Å²) < 4.78 is 7.19. The van der Waals surface area contributed by atoms with E-state index in [0.29, 0.717) is 11.9 Å². The molecule has 0 bridgehead atoms. The molecule has 3 rings (SSSR count). The van der Waals surface area contributed by atoms with Gasteiger partial charge in [-0.15, -0.1) is 0 Å². The highest BCUT2D eigenvalue weighted by Gasteiger charge is 2.30. The Balaban J connectivity index is 1.63. The standard InChI is InChI=1S/C12H17N5O/c1-2-16(8-9-17-7-3-6-13-17)12-14-11(18-15-12)10-4-5-10/h3,6-7,10H,2,4-5,8-9H2,1H3. The molecular weight excluding hydrogens is 230 g/mol. The second-order valence-corrected chi connectivity index (χ2v) is 4.56. The molecule has 2 aromatic heterocycles. The fourth-order valence-corrected chi connectivity index (χ4v) is 1.91. The molecule has 1 aliphatic rings. The predicted octanol–water partition coefficient (Wildman–Crippen LogP) is 1.67. The minimum atomic E-state index is 0.510. The van der Waals surface area contributed by atoms with Crippen LogP contribution in [0.3, 0.4) is 0 Å². The third-order valence-corrected chi connectivity index (χ3v) is 3.18. The molecule has 18 heavy (non-hydrogen) atoms. The van der Waals surface area contributed by atoms with Crippen molar-refractivity contribution in [3.8, 4) is 0 Å². The summed E-state index contributed by atoms with van der Waals surface area (Å²) in [4.78, 5) is 6.57. The Kier molecular flexibility index (Phi) is 3.00. The smallest absolute Gasteiger partial charge is 0.266 e. The molecule has 1 aliphatic carbocycles. The molecule has 0 aliphatic heterocycles. The lowest BCUT2D eigenvalue weighted by atomic mass is 10.4. The Morgan fingerprint density at radius 1 is 1.50 bits per heavy atom. The highest BCUT2D eigenvalue weighted by atomic mass is 16.5. The fourth-order valence-electron chi connectivity index (χ4n) is 1.91. The van der Waals surface area contributed by atoms with Crippen molar-refractivity contribution < 1.29 is 4.52 Å². The molecule has 6 nitrogen and oxygen atoms in total. The van der Waals surface area contributed by atoms with Crippen LogP contribution in [-0.4, -0.2) is 33.0 Å². The first-order valence-electron chi connectivity index (χ1n) is 6.43. The Hall–Kier alpha value is -1.85. The summed E-state index contributed by atoms with van der Waals surface area (Å²) in [5.41, 5.74) is 0. The average molecular weight is 247 g/mol. The molecule has 0 spiro atoms. The second-order valence-electron chi connectivity index (χ2n) is 4.56. The van der Waals surface area contributed by atoms with Crippen LogP contribution < -0.4 is 4.90 Å². The van der Waals surface area contributed by atoms with Gasteiger partial charge in [-0.2, -0.15) is 10.1 Å². The summed E-state index contributed by atoms with van der Waals surface area (Å²) in [6.07, 6.45) is 6.11. The quantitative estimate of drug-likeness (QED) is 0.777. The number of anilines is 1. The molecule has 0 N–H and O–H groups in total. The largest absolute Gasteiger partial charge is 0.337 e. The fraction of sp³-hybridized carbons (Fsp3) is 0.583. The third kappa shape index (κ3) is 2.37. The van der Waals surface area contributed by atoms with Crippen molar-refractivity contribution in [2.45, 2.75) is 32.2 Å². The number of hydrogen-bond donors (Lipinski definition) is 0. The topological polar surface area (TPSA) is 60.0 Å². The highest BCUT2D eigenvalue weighted by molar-refractivity contribution is 5.28. The molecule has 2 heterocycles. The Morgan fingerprint density at radius 2 is 2.39 bits per heavy atom. The maximum atomic E-state index is 5.28. The van der Waals surface area contributed by atoms with Crippen molar-refractivity contribution in [3.05, 3.63) is 24.4 Å². The molecule has 0 atom stereocenters. The van der Waals surface area contributed by atoms with E-state index in [-0.39, 0.29) is 0 Å². The minimum Gasteiger partial charge on any atom is -0.337 e.